The number of likely N-dealkylation sites (tertiary alicyclic amines) is 1. The molecule has 0 spiro atoms. The predicted molar refractivity (Wildman–Crippen MR) is 106 cm³/mol. The Morgan fingerprint density at radius 2 is 1.42 bits per heavy atom. The van der Waals surface area contributed by atoms with E-state index >= 15 is 0 Å². The third-order valence-electron chi connectivity index (χ3n) is 5.51. The van der Waals surface area contributed by atoms with E-state index in [9.17, 15) is 14.4 Å². The van der Waals surface area contributed by atoms with Gasteiger partial charge < -0.3 is 19.8 Å². The van der Waals surface area contributed by atoms with Gasteiger partial charge in [0.15, 0.2) is 0 Å². The molecule has 6 heteroatoms. The van der Waals surface area contributed by atoms with Crippen molar-refractivity contribution >= 4 is 29.8 Å². The molecule has 0 aromatic heterocycles. The van der Waals surface area contributed by atoms with Gasteiger partial charge in [0.1, 0.15) is 17.3 Å². The normalized spacial score (nSPS) is 26.8. The number of carbonyl (C=O) groups excluding carboxylic acids is 3. The molecule has 2 heterocycles. The van der Waals surface area contributed by atoms with Crippen LogP contribution >= 0.6 is 12.4 Å². The standard InChI is InChI=1S/C10H17NO.C7H10O2.C3H7N.ClH/c1-8(12)5-9-6-10(7-9)11-3-2-4-11;1-5(8)2-6-3-7(9)4-6;1-2-4-3-1;/h9-10H,2-7H2,1H3;6H,2-4H2,1H3;4H,1-3H2;1H. The Morgan fingerprint density at radius 1 is 0.962 bits per heavy atom. The smallest absolute Gasteiger partial charge is 0.133 e. The van der Waals surface area contributed by atoms with Crippen molar-refractivity contribution in [3.05, 3.63) is 0 Å². The Bertz CT molecular complexity index is 458. The molecule has 2 saturated heterocycles. The largest absolute Gasteiger partial charge is 0.317 e. The van der Waals surface area contributed by atoms with Gasteiger partial charge in [-0.05, 0) is 77.5 Å². The number of nitrogens with one attached hydrogen (secondary N) is 1. The average molecular weight is 387 g/mol. The van der Waals surface area contributed by atoms with Gasteiger partial charge in [-0.15, -0.1) is 12.4 Å². The van der Waals surface area contributed by atoms with Crippen LogP contribution in [0.1, 0.15) is 65.2 Å². The van der Waals surface area contributed by atoms with E-state index in [0.717, 1.165) is 12.5 Å². The van der Waals surface area contributed by atoms with Crippen molar-refractivity contribution in [1.29, 1.82) is 0 Å². The lowest BCUT2D eigenvalue weighted by Crippen LogP contribution is -2.51. The van der Waals surface area contributed by atoms with Gasteiger partial charge in [-0.3, -0.25) is 4.79 Å². The van der Waals surface area contributed by atoms with Crippen LogP contribution in [-0.4, -0.2) is 54.5 Å². The maximum atomic E-state index is 10.8. The van der Waals surface area contributed by atoms with Crippen LogP contribution in [0.15, 0.2) is 0 Å². The number of halogens is 1. The fourth-order valence-corrected chi connectivity index (χ4v) is 3.59. The Hall–Kier alpha value is -0.780. The summed E-state index contributed by atoms with van der Waals surface area (Å²) in [6.07, 6.45) is 8.03. The predicted octanol–water partition coefficient (Wildman–Crippen LogP) is 2.80. The summed E-state index contributed by atoms with van der Waals surface area (Å²) in [5.41, 5.74) is 0. The lowest BCUT2D eigenvalue weighted by molar-refractivity contribution is -0.128. The number of ketones is 3. The molecule has 0 amide bonds. The lowest BCUT2D eigenvalue weighted by atomic mass is 9.76. The highest BCUT2D eigenvalue weighted by molar-refractivity contribution is 5.87. The summed E-state index contributed by atoms with van der Waals surface area (Å²) in [5.74, 6) is 1.97. The number of carbonyl (C=O) groups is 3. The van der Waals surface area contributed by atoms with E-state index in [0.29, 0.717) is 42.7 Å². The van der Waals surface area contributed by atoms with Crippen LogP contribution in [-0.2, 0) is 14.4 Å². The molecule has 2 aliphatic carbocycles. The summed E-state index contributed by atoms with van der Waals surface area (Å²) in [7, 11) is 0. The van der Waals surface area contributed by atoms with Crippen LogP contribution in [0, 0.1) is 11.8 Å². The molecule has 0 aromatic carbocycles. The van der Waals surface area contributed by atoms with Crippen molar-refractivity contribution in [3.8, 4) is 0 Å². The molecule has 150 valence electrons. The monoisotopic (exact) mass is 386 g/mol. The highest BCUT2D eigenvalue weighted by Gasteiger charge is 2.35. The van der Waals surface area contributed by atoms with Gasteiger partial charge >= 0.3 is 0 Å². The molecule has 26 heavy (non-hydrogen) atoms. The third kappa shape index (κ3) is 8.28. The minimum absolute atomic E-state index is 0. The number of Topliss-reactive ketones (excluding diaryl/α,β-unsaturated/α-hetero) is 3. The minimum atomic E-state index is 0. The van der Waals surface area contributed by atoms with E-state index in [1.807, 2.05) is 0 Å². The van der Waals surface area contributed by atoms with E-state index in [1.54, 1.807) is 13.8 Å². The Kier molecular flexibility index (Phi) is 10.6. The first-order valence-electron chi connectivity index (χ1n) is 9.89. The molecule has 4 rings (SSSR count). The molecule has 0 unspecified atom stereocenters. The zero-order valence-corrected chi connectivity index (χ0v) is 17.1. The molecule has 4 aliphatic rings. The SMILES string of the molecule is C1CNC1.CC(=O)CC1CC(=O)C1.CC(=O)CC1CC(N2CCC2)C1.Cl. The Labute approximate surface area is 164 Å². The molecule has 4 fully saturated rings. The summed E-state index contributed by atoms with van der Waals surface area (Å²) in [6.45, 7) is 8.38. The maximum absolute atomic E-state index is 10.8. The highest BCUT2D eigenvalue weighted by atomic mass is 35.5. The maximum Gasteiger partial charge on any atom is 0.133 e. The first-order valence-corrected chi connectivity index (χ1v) is 9.89. The van der Waals surface area contributed by atoms with Crippen LogP contribution in [0.4, 0.5) is 0 Å². The summed E-state index contributed by atoms with van der Waals surface area (Å²) in [6, 6.07) is 0.836. The van der Waals surface area contributed by atoms with Crippen LogP contribution in [0.25, 0.3) is 0 Å². The first-order chi connectivity index (χ1) is 11.9. The Balaban J connectivity index is 0.000000213. The summed E-state index contributed by atoms with van der Waals surface area (Å²) < 4.78 is 0. The molecule has 2 saturated carbocycles. The summed E-state index contributed by atoms with van der Waals surface area (Å²) in [4.78, 5) is 34.2. The van der Waals surface area contributed by atoms with Crippen molar-refractivity contribution in [2.75, 3.05) is 26.2 Å². The van der Waals surface area contributed by atoms with Crippen LogP contribution in [0.5, 0.6) is 0 Å². The van der Waals surface area contributed by atoms with Crippen molar-refractivity contribution in [2.45, 2.75) is 71.3 Å². The second kappa shape index (κ2) is 11.8. The van der Waals surface area contributed by atoms with E-state index in [1.165, 1.54) is 51.9 Å². The number of hydrogen-bond acceptors (Lipinski definition) is 5. The molecule has 1 N–H and O–H groups in total. The van der Waals surface area contributed by atoms with E-state index in [2.05, 4.69) is 10.2 Å². The molecule has 5 nitrogen and oxygen atoms in total. The second-order valence-electron chi connectivity index (χ2n) is 8.11. The van der Waals surface area contributed by atoms with Crippen LogP contribution in [0.2, 0.25) is 0 Å². The van der Waals surface area contributed by atoms with Gasteiger partial charge in [-0.25, -0.2) is 0 Å². The molecule has 0 bridgehead atoms. The number of hydrogen-bond donors (Lipinski definition) is 1. The fraction of sp³-hybridized carbons (Fsp3) is 0.850. The van der Waals surface area contributed by atoms with E-state index in [4.69, 9.17) is 0 Å². The van der Waals surface area contributed by atoms with E-state index < -0.39 is 0 Å². The molecular formula is C20H35ClN2O3. The quantitative estimate of drug-likeness (QED) is 0.786. The highest BCUT2D eigenvalue weighted by Crippen LogP contribution is 2.36. The molecule has 2 aliphatic heterocycles. The molecule has 0 radical (unpaired) electrons. The van der Waals surface area contributed by atoms with Gasteiger partial charge in [0.2, 0.25) is 0 Å². The van der Waals surface area contributed by atoms with Crippen molar-refractivity contribution < 1.29 is 14.4 Å². The fourth-order valence-electron chi connectivity index (χ4n) is 3.59. The van der Waals surface area contributed by atoms with Crippen LogP contribution in [0.3, 0.4) is 0 Å². The van der Waals surface area contributed by atoms with Crippen molar-refractivity contribution in [2.24, 2.45) is 11.8 Å². The van der Waals surface area contributed by atoms with Crippen LogP contribution < -0.4 is 5.32 Å². The van der Waals surface area contributed by atoms with Gasteiger partial charge in [0, 0.05) is 31.7 Å². The lowest BCUT2D eigenvalue weighted by Gasteiger charge is -2.47. The summed E-state index contributed by atoms with van der Waals surface area (Å²) >= 11 is 0. The first kappa shape index (κ1) is 23.3. The van der Waals surface area contributed by atoms with Gasteiger partial charge in [-0.2, -0.15) is 0 Å². The summed E-state index contributed by atoms with van der Waals surface area (Å²) in [5, 5.41) is 3.11. The number of nitrogens with zero attached hydrogens (tertiary/aromatic N) is 1. The zero-order valence-electron chi connectivity index (χ0n) is 16.3. The molecular weight excluding hydrogens is 352 g/mol. The minimum Gasteiger partial charge on any atom is -0.317 e. The third-order valence-corrected chi connectivity index (χ3v) is 5.51. The topological polar surface area (TPSA) is 66.5 Å². The Morgan fingerprint density at radius 3 is 1.73 bits per heavy atom. The molecule has 0 aromatic rings. The number of rotatable bonds is 5. The zero-order chi connectivity index (χ0) is 18.2. The average Bonchev–Trinajstić information content (AvgIpc) is 2.29. The van der Waals surface area contributed by atoms with Crippen molar-refractivity contribution in [3.63, 3.8) is 0 Å². The van der Waals surface area contributed by atoms with E-state index in [-0.39, 0.29) is 18.2 Å². The van der Waals surface area contributed by atoms with Gasteiger partial charge in [0.25, 0.3) is 0 Å². The second-order valence-corrected chi connectivity index (χ2v) is 8.11. The van der Waals surface area contributed by atoms with Gasteiger partial charge in [-0.1, -0.05) is 0 Å². The van der Waals surface area contributed by atoms with Gasteiger partial charge in [0.05, 0.1) is 0 Å². The molecule has 0 atom stereocenters. The van der Waals surface area contributed by atoms with Crippen molar-refractivity contribution in [1.82, 2.24) is 10.2 Å².